The third-order valence-corrected chi connectivity index (χ3v) is 8.00. The minimum Gasteiger partial charge on any atom is -0.365 e. The highest BCUT2D eigenvalue weighted by atomic mass is 35.5. The monoisotopic (exact) mass is 605 g/mol. The smallest absolute Gasteiger partial charge is 0.280 e. The van der Waals surface area contributed by atoms with Crippen LogP contribution in [-0.2, 0) is 13.1 Å². The van der Waals surface area contributed by atoms with Crippen molar-refractivity contribution in [3.05, 3.63) is 146 Å². The molecule has 0 aliphatic heterocycles. The van der Waals surface area contributed by atoms with E-state index in [0.29, 0.717) is 50.3 Å². The van der Waals surface area contributed by atoms with Crippen LogP contribution in [-0.4, -0.2) is 31.0 Å². The van der Waals surface area contributed by atoms with E-state index in [1.165, 1.54) is 26.7 Å². The summed E-state index contributed by atoms with van der Waals surface area (Å²) in [5.74, 6) is -0.0638. The molecular weight excluding hydrogens is 582 g/mol. The van der Waals surface area contributed by atoms with Crippen molar-refractivity contribution in [1.29, 1.82) is 0 Å². The highest BCUT2D eigenvalue weighted by molar-refractivity contribution is 7.16. The Bertz CT molecular complexity index is 1970. The molecule has 10 heteroatoms. The number of pyridine rings is 2. The van der Waals surface area contributed by atoms with Gasteiger partial charge in [0.25, 0.3) is 11.5 Å². The van der Waals surface area contributed by atoms with Crippen LogP contribution in [0.2, 0.25) is 4.34 Å². The van der Waals surface area contributed by atoms with Crippen molar-refractivity contribution in [3.63, 3.8) is 0 Å². The molecule has 0 unspecified atom stereocenters. The van der Waals surface area contributed by atoms with Crippen molar-refractivity contribution in [2.24, 2.45) is 0 Å². The van der Waals surface area contributed by atoms with Crippen molar-refractivity contribution in [2.75, 3.05) is 5.32 Å². The van der Waals surface area contributed by atoms with Crippen molar-refractivity contribution >= 4 is 40.4 Å². The molecule has 0 spiro atoms. The second kappa shape index (κ2) is 12.4. The highest BCUT2D eigenvalue weighted by Gasteiger charge is 2.20. The van der Waals surface area contributed by atoms with E-state index in [4.69, 9.17) is 11.6 Å². The quantitative estimate of drug-likeness (QED) is 0.185. The Morgan fingerprint density at radius 1 is 0.837 bits per heavy atom. The molecule has 4 aromatic heterocycles. The van der Waals surface area contributed by atoms with E-state index in [1.807, 2.05) is 30.3 Å². The summed E-state index contributed by atoms with van der Waals surface area (Å²) in [7, 11) is 0. The molecule has 0 aliphatic carbocycles. The molecule has 0 atom stereocenters. The maximum absolute atomic E-state index is 13.6. The van der Waals surface area contributed by atoms with Gasteiger partial charge in [0, 0.05) is 51.7 Å². The maximum Gasteiger partial charge on any atom is 0.280 e. The molecule has 8 nitrogen and oxygen atoms in total. The van der Waals surface area contributed by atoms with Gasteiger partial charge in [0.05, 0.1) is 28.8 Å². The second-order valence-corrected chi connectivity index (χ2v) is 11.4. The van der Waals surface area contributed by atoms with Crippen LogP contribution in [0.1, 0.15) is 25.6 Å². The molecule has 2 aromatic carbocycles. The van der Waals surface area contributed by atoms with Gasteiger partial charge in [-0.05, 0) is 42.5 Å². The van der Waals surface area contributed by atoms with Gasteiger partial charge >= 0.3 is 0 Å². The van der Waals surface area contributed by atoms with Gasteiger partial charge in [0.1, 0.15) is 5.82 Å². The van der Waals surface area contributed by atoms with Crippen LogP contribution in [0, 0.1) is 0 Å². The summed E-state index contributed by atoms with van der Waals surface area (Å²) in [5.41, 5.74) is 2.67. The number of hydrogen-bond acceptors (Lipinski definition) is 7. The van der Waals surface area contributed by atoms with Crippen LogP contribution in [0.15, 0.2) is 120 Å². The van der Waals surface area contributed by atoms with Crippen LogP contribution >= 0.6 is 22.9 Å². The predicted octanol–water partition coefficient (Wildman–Crippen LogP) is 6.67. The Kier molecular flexibility index (Phi) is 8.08. The van der Waals surface area contributed by atoms with Crippen LogP contribution in [0.25, 0.3) is 22.5 Å². The van der Waals surface area contributed by atoms with E-state index in [0.717, 1.165) is 4.88 Å². The van der Waals surface area contributed by atoms with E-state index < -0.39 is 0 Å². The number of hydrogen-bond donors (Lipinski definition) is 1. The number of anilines is 1. The summed E-state index contributed by atoms with van der Waals surface area (Å²) < 4.78 is 3.40. The summed E-state index contributed by atoms with van der Waals surface area (Å²) in [6.07, 6.45) is 3.28. The normalized spacial score (nSPS) is 10.9. The molecule has 43 heavy (non-hydrogen) atoms. The molecule has 6 rings (SSSR count). The lowest BCUT2D eigenvalue weighted by atomic mass is 10.1. The molecule has 212 valence electrons. The number of carbonyl (C=O) groups is 2. The third kappa shape index (κ3) is 6.23. The van der Waals surface area contributed by atoms with Crippen molar-refractivity contribution in [2.45, 2.75) is 13.1 Å². The molecule has 0 saturated carbocycles. The molecular formula is C33H24ClN5O3S. The van der Waals surface area contributed by atoms with E-state index in [1.54, 1.807) is 79.1 Å². The van der Waals surface area contributed by atoms with Gasteiger partial charge in [-0.15, -0.1) is 11.3 Å². The van der Waals surface area contributed by atoms with Crippen LogP contribution < -0.4 is 10.9 Å². The Labute approximate surface area is 255 Å². The summed E-state index contributed by atoms with van der Waals surface area (Å²) in [5, 5.41) is 7.93. The van der Waals surface area contributed by atoms with Gasteiger partial charge in [-0.3, -0.25) is 19.4 Å². The molecule has 0 aliphatic rings. The van der Waals surface area contributed by atoms with Gasteiger partial charge < -0.3 is 9.88 Å². The first-order valence-electron chi connectivity index (χ1n) is 13.4. The molecule has 0 amide bonds. The number of ketones is 1. The lowest BCUT2D eigenvalue weighted by molar-refractivity contribution is 0.0945. The number of nitrogens with zero attached hydrogens (tertiary/aromatic N) is 4. The fourth-order valence-electron chi connectivity index (χ4n) is 4.65. The van der Waals surface area contributed by atoms with Gasteiger partial charge in [-0.1, -0.05) is 60.1 Å². The van der Waals surface area contributed by atoms with E-state index in [2.05, 4.69) is 15.4 Å². The number of benzene rings is 2. The standard InChI is InChI=1S/C33H24ClN5O3S/c34-30-14-13-26(43-30)20-36-31-18-27(37-39(31)33(42)23-10-5-2-6-11-23)25-16-28(24-12-7-15-35-19-24)38(32(41)17-25)21-29(40)22-8-3-1-4-9-22/h1-19,36H,20-21H2. The third-order valence-electron chi connectivity index (χ3n) is 6.77. The Balaban J connectivity index is 1.43. The number of nitrogens with one attached hydrogen (secondary N) is 1. The zero-order chi connectivity index (χ0) is 29.8. The number of Topliss-reactive ketones (excluding diaryl/α,β-unsaturated/α-hetero) is 1. The first-order valence-corrected chi connectivity index (χ1v) is 14.6. The molecule has 6 aromatic rings. The molecule has 0 radical (unpaired) electrons. The molecule has 0 bridgehead atoms. The average molecular weight is 606 g/mol. The van der Waals surface area contributed by atoms with Gasteiger partial charge in [0.2, 0.25) is 0 Å². The SMILES string of the molecule is O=C(Cn1c(-c2cccnc2)cc(-c2cc(NCc3ccc(Cl)s3)n(C(=O)c3ccccc3)n2)cc1=O)c1ccccc1. The lowest BCUT2D eigenvalue weighted by Crippen LogP contribution is -2.25. The predicted molar refractivity (Wildman–Crippen MR) is 169 cm³/mol. The average Bonchev–Trinajstić information content (AvgIpc) is 3.67. The van der Waals surface area contributed by atoms with Gasteiger partial charge in [0.15, 0.2) is 5.78 Å². The van der Waals surface area contributed by atoms with Gasteiger partial charge in [-0.25, -0.2) is 0 Å². The number of thiophene rings is 1. The number of aromatic nitrogens is 4. The van der Waals surface area contributed by atoms with Crippen LogP contribution in [0.5, 0.6) is 0 Å². The topological polar surface area (TPSA) is 98.9 Å². The van der Waals surface area contributed by atoms with E-state index in [-0.39, 0.29) is 23.8 Å². The molecule has 0 fully saturated rings. The van der Waals surface area contributed by atoms with E-state index >= 15 is 0 Å². The molecule has 0 saturated heterocycles. The van der Waals surface area contributed by atoms with Gasteiger partial charge in [-0.2, -0.15) is 9.78 Å². The fraction of sp³-hybridized carbons (Fsp3) is 0.0606. The van der Waals surface area contributed by atoms with Crippen LogP contribution in [0.4, 0.5) is 5.82 Å². The zero-order valence-electron chi connectivity index (χ0n) is 22.7. The van der Waals surface area contributed by atoms with Crippen molar-refractivity contribution in [1.82, 2.24) is 19.3 Å². The molecule has 1 N–H and O–H groups in total. The lowest BCUT2D eigenvalue weighted by Gasteiger charge is -2.14. The zero-order valence-corrected chi connectivity index (χ0v) is 24.3. The first-order chi connectivity index (χ1) is 21.0. The Hall–Kier alpha value is -5.12. The minimum atomic E-state index is -0.382. The van der Waals surface area contributed by atoms with Crippen molar-refractivity contribution in [3.8, 4) is 22.5 Å². The largest absolute Gasteiger partial charge is 0.365 e. The fourth-order valence-corrected chi connectivity index (χ4v) is 5.68. The molecule has 4 heterocycles. The Morgan fingerprint density at radius 2 is 1.58 bits per heavy atom. The Morgan fingerprint density at radius 3 is 2.26 bits per heavy atom. The highest BCUT2D eigenvalue weighted by Crippen LogP contribution is 2.28. The summed E-state index contributed by atoms with van der Waals surface area (Å²) >= 11 is 7.55. The second-order valence-electron chi connectivity index (χ2n) is 9.64. The summed E-state index contributed by atoms with van der Waals surface area (Å²) in [6.45, 7) is 0.277. The van der Waals surface area contributed by atoms with Crippen molar-refractivity contribution < 1.29 is 9.59 Å². The summed E-state index contributed by atoms with van der Waals surface area (Å²) in [4.78, 5) is 45.4. The number of rotatable bonds is 9. The minimum absolute atomic E-state index is 0.148. The number of halogens is 1. The van der Waals surface area contributed by atoms with Crippen LogP contribution in [0.3, 0.4) is 0 Å². The number of carbonyl (C=O) groups excluding carboxylic acids is 2. The summed E-state index contributed by atoms with van der Waals surface area (Å²) in [6, 6.07) is 30.0. The van der Waals surface area contributed by atoms with E-state index in [9.17, 15) is 14.4 Å². The maximum atomic E-state index is 13.6. The first kappa shape index (κ1) is 28.0.